The molecule has 5 nitrogen and oxygen atoms in total. The predicted octanol–water partition coefficient (Wildman–Crippen LogP) is 0.916. The van der Waals surface area contributed by atoms with E-state index in [1.165, 1.54) is 23.6 Å². The first kappa shape index (κ1) is 17.3. The van der Waals surface area contributed by atoms with Gasteiger partial charge in [-0.1, -0.05) is 38.9 Å². The molecular weight excluding hydrogens is 266 g/mol. The first-order chi connectivity index (χ1) is 8.32. The van der Waals surface area contributed by atoms with Crippen LogP contribution in [0, 0.1) is 6.92 Å². The SMILES string of the molecule is CC[Si](CC)(CC)c1nc(C)cn1C.N[SH](=O)=O. The average Bonchev–Trinajstić information content (AvgIpc) is 2.61. The van der Waals surface area contributed by atoms with Gasteiger partial charge in [-0.3, -0.25) is 0 Å². The standard InChI is InChI=1S/C11H22N2Si.H3NO2S/c1-6-14(7-2,8-3)11-12-10(4)9-13(11)5;1-4(2)3/h9H,6-8H2,1-5H3;4H,(H2,1,2,3). The second-order valence-corrected chi connectivity index (χ2v) is 10.1. The third-order valence-electron chi connectivity index (χ3n) is 3.50. The van der Waals surface area contributed by atoms with Crippen molar-refractivity contribution < 1.29 is 8.42 Å². The van der Waals surface area contributed by atoms with Gasteiger partial charge in [0, 0.05) is 13.2 Å². The van der Waals surface area contributed by atoms with Crippen molar-refractivity contribution in [1.82, 2.24) is 9.55 Å². The lowest BCUT2D eigenvalue weighted by atomic mass is 10.6. The molecule has 7 heteroatoms. The summed E-state index contributed by atoms with van der Waals surface area (Å²) in [4.78, 5) is 4.72. The molecule has 1 aromatic rings. The van der Waals surface area contributed by atoms with Gasteiger partial charge in [-0.15, -0.1) is 0 Å². The Morgan fingerprint density at radius 3 is 1.89 bits per heavy atom. The summed E-state index contributed by atoms with van der Waals surface area (Å²) in [7, 11) is -1.75. The quantitative estimate of drug-likeness (QED) is 0.639. The number of hydrogen-bond donors (Lipinski definition) is 2. The fourth-order valence-electron chi connectivity index (χ4n) is 2.33. The van der Waals surface area contributed by atoms with Gasteiger partial charge in [-0.25, -0.2) is 18.5 Å². The summed E-state index contributed by atoms with van der Waals surface area (Å²) < 4.78 is 19.9. The van der Waals surface area contributed by atoms with Crippen LogP contribution in [0.4, 0.5) is 0 Å². The third kappa shape index (κ3) is 4.54. The Morgan fingerprint density at radius 1 is 1.28 bits per heavy atom. The molecule has 106 valence electrons. The fraction of sp³-hybridized carbons (Fsp3) is 0.727. The highest BCUT2D eigenvalue weighted by molar-refractivity contribution is 7.69. The number of aryl methyl sites for hydroxylation is 2. The van der Waals surface area contributed by atoms with Crippen molar-refractivity contribution >= 4 is 24.4 Å². The van der Waals surface area contributed by atoms with Crippen LogP contribution in [0.1, 0.15) is 26.5 Å². The normalized spacial score (nSPS) is 11.3. The smallest absolute Gasteiger partial charge is 0.198 e. The van der Waals surface area contributed by atoms with Crippen LogP contribution in [0.3, 0.4) is 0 Å². The Labute approximate surface area is 113 Å². The maximum Gasteiger partial charge on any atom is 0.198 e. The van der Waals surface area contributed by atoms with Crippen LogP contribution in [0.25, 0.3) is 0 Å². The minimum absolute atomic E-state index is 1.16. The van der Waals surface area contributed by atoms with Gasteiger partial charge >= 0.3 is 0 Å². The highest BCUT2D eigenvalue weighted by Crippen LogP contribution is 2.19. The first-order valence-electron chi connectivity index (χ1n) is 6.22. The molecule has 0 unspecified atom stereocenters. The van der Waals surface area contributed by atoms with E-state index in [4.69, 9.17) is 13.4 Å². The largest absolute Gasteiger partial charge is 0.342 e. The molecule has 0 aliphatic rings. The molecule has 0 radical (unpaired) electrons. The van der Waals surface area contributed by atoms with Crippen molar-refractivity contribution in [3.63, 3.8) is 0 Å². The summed E-state index contributed by atoms with van der Waals surface area (Å²) in [6.07, 6.45) is 2.15. The van der Waals surface area contributed by atoms with E-state index < -0.39 is 19.0 Å². The van der Waals surface area contributed by atoms with Gasteiger partial charge in [0.15, 0.2) is 10.9 Å². The number of nitrogens with zero attached hydrogens (tertiary/aromatic N) is 2. The molecular formula is C11H25N3O2SSi. The molecule has 2 N–H and O–H groups in total. The van der Waals surface area contributed by atoms with Crippen LogP contribution in [0.5, 0.6) is 0 Å². The molecule has 0 aliphatic carbocycles. The summed E-state index contributed by atoms with van der Waals surface area (Å²) in [6, 6.07) is 3.93. The van der Waals surface area contributed by atoms with E-state index in [0.717, 1.165) is 5.69 Å². The van der Waals surface area contributed by atoms with E-state index in [2.05, 4.69) is 50.6 Å². The van der Waals surface area contributed by atoms with Crippen molar-refractivity contribution in [3.8, 4) is 0 Å². The summed E-state index contributed by atoms with van der Waals surface area (Å²) >= 11 is 0. The molecule has 0 fully saturated rings. The number of hydrogen-bond acceptors (Lipinski definition) is 3. The lowest BCUT2D eigenvalue weighted by Crippen LogP contribution is -2.50. The summed E-state index contributed by atoms with van der Waals surface area (Å²) in [5.41, 5.74) is 2.55. The Morgan fingerprint density at radius 2 is 1.67 bits per heavy atom. The van der Waals surface area contributed by atoms with E-state index in [9.17, 15) is 0 Å². The van der Waals surface area contributed by atoms with Crippen LogP contribution in [-0.4, -0.2) is 26.0 Å². The van der Waals surface area contributed by atoms with Crippen LogP contribution in [-0.2, 0) is 17.9 Å². The zero-order chi connectivity index (χ0) is 14.3. The lowest BCUT2D eigenvalue weighted by Gasteiger charge is -2.26. The highest BCUT2D eigenvalue weighted by Gasteiger charge is 2.33. The summed E-state index contributed by atoms with van der Waals surface area (Å²) in [5, 5.41) is 4.06. The maximum absolute atomic E-state index is 8.81. The van der Waals surface area contributed by atoms with Crippen molar-refractivity contribution in [1.29, 1.82) is 0 Å². The van der Waals surface area contributed by atoms with Gasteiger partial charge in [0.25, 0.3) is 0 Å². The number of nitrogens with two attached hydrogens (primary N) is 1. The molecule has 0 aliphatic heterocycles. The monoisotopic (exact) mass is 291 g/mol. The number of aromatic nitrogens is 2. The van der Waals surface area contributed by atoms with Crippen molar-refractivity contribution in [2.45, 2.75) is 45.8 Å². The molecule has 0 spiro atoms. The third-order valence-corrected chi connectivity index (χ3v) is 8.98. The number of rotatable bonds is 4. The Kier molecular flexibility index (Phi) is 7.42. The topological polar surface area (TPSA) is 78.0 Å². The first-order valence-corrected chi connectivity index (χ1v) is 10.1. The second-order valence-electron chi connectivity index (χ2n) is 4.44. The molecule has 0 saturated heterocycles. The minimum atomic E-state index is -2.62. The van der Waals surface area contributed by atoms with Crippen LogP contribution in [0.15, 0.2) is 6.20 Å². The number of imidazole rings is 1. The zero-order valence-corrected chi connectivity index (χ0v) is 13.8. The zero-order valence-electron chi connectivity index (χ0n) is 11.9. The minimum Gasteiger partial charge on any atom is -0.342 e. The Hall–Kier alpha value is -0.663. The Balaban J connectivity index is 0.000000631. The van der Waals surface area contributed by atoms with Crippen molar-refractivity contribution in [3.05, 3.63) is 11.9 Å². The van der Waals surface area contributed by atoms with Gasteiger partial charge in [-0.05, 0) is 6.92 Å². The average molecular weight is 291 g/mol. The molecule has 0 bridgehead atoms. The highest BCUT2D eigenvalue weighted by atomic mass is 32.2. The fourth-order valence-corrected chi connectivity index (χ4v) is 6.01. The lowest BCUT2D eigenvalue weighted by molar-refractivity contribution is 0.616. The van der Waals surface area contributed by atoms with Crippen LogP contribution in [0.2, 0.25) is 18.1 Å². The molecule has 18 heavy (non-hydrogen) atoms. The van der Waals surface area contributed by atoms with Gasteiger partial charge in [0.1, 0.15) is 8.07 Å². The van der Waals surface area contributed by atoms with Crippen molar-refractivity contribution in [2.24, 2.45) is 12.2 Å². The molecule has 0 saturated carbocycles. The molecule has 1 heterocycles. The van der Waals surface area contributed by atoms with Gasteiger partial charge < -0.3 is 4.57 Å². The predicted molar refractivity (Wildman–Crippen MR) is 79.3 cm³/mol. The molecule has 0 aromatic carbocycles. The molecule has 0 atom stereocenters. The summed E-state index contributed by atoms with van der Waals surface area (Å²) in [6.45, 7) is 9.05. The summed E-state index contributed by atoms with van der Waals surface area (Å²) in [5.74, 6) is 0. The second kappa shape index (κ2) is 7.70. The van der Waals surface area contributed by atoms with Gasteiger partial charge in [0.05, 0.1) is 11.1 Å². The van der Waals surface area contributed by atoms with E-state index >= 15 is 0 Å². The van der Waals surface area contributed by atoms with E-state index in [-0.39, 0.29) is 0 Å². The maximum atomic E-state index is 8.81. The van der Waals surface area contributed by atoms with Gasteiger partial charge in [-0.2, -0.15) is 0 Å². The van der Waals surface area contributed by atoms with E-state index in [1.54, 1.807) is 0 Å². The molecule has 0 amide bonds. The van der Waals surface area contributed by atoms with Gasteiger partial charge in [0.2, 0.25) is 0 Å². The van der Waals surface area contributed by atoms with Crippen LogP contribution >= 0.6 is 0 Å². The van der Waals surface area contributed by atoms with Crippen molar-refractivity contribution in [2.75, 3.05) is 0 Å². The van der Waals surface area contributed by atoms with Crippen LogP contribution < -0.4 is 10.6 Å². The van der Waals surface area contributed by atoms with E-state index in [1.807, 2.05) is 0 Å². The Bertz CT molecular complexity index is 423. The number of thiol groups is 1. The molecule has 1 aromatic heterocycles. The van der Waals surface area contributed by atoms with E-state index in [0.29, 0.717) is 0 Å². The molecule has 1 rings (SSSR count).